The van der Waals surface area contributed by atoms with Crippen LogP contribution in [0.15, 0.2) is 36.4 Å². The van der Waals surface area contributed by atoms with Crippen molar-refractivity contribution >= 4 is 52.1 Å². The summed E-state index contributed by atoms with van der Waals surface area (Å²) in [5.41, 5.74) is 6.78. The van der Waals surface area contributed by atoms with Gasteiger partial charge < -0.3 is 11.1 Å². The van der Waals surface area contributed by atoms with E-state index < -0.39 is 5.91 Å². The Hall–Kier alpha value is -1.42. The molecule has 3 N–H and O–H groups in total. The molecule has 0 spiro atoms. The Morgan fingerprint density at radius 3 is 2.53 bits per heavy atom. The summed E-state index contributed by atoms with van der Waals surface area (Å²) in [4.78, 5) is 12.1. The zero-order valence-corrected chi connectivity index (χ0v) is 11.9. The molecular formula is C13H9Cl3N2O. The molecule has 0 aliphatic heterocycles. The number of halogens is 3. The van der Waals surface area contributed by atoms with Crippen LogP contribution in [0.25, 0.3) is 0 Å². The van der Waals surface area contributed by atoms with E-state index >= 15 is 0 Å². The van der Waals surface area contributed by atoms with Gasteiger partial charge in [-0.05, 0) is 30.3 Å². The second-order valence-corrected chi connectivity index (χ2v) is 5.05. The summed E-state index contributed by atoms with van der Waals surface area (Å²) >= 11 is 17.7. The molecule has 6 heteroatoms. The van der Waals surface area contributed by atoms with Gasteiger partial charge in [0.2, 0.25) is 0 Å². The highest BCUT2D eigenvalue weighted by Gasteiger charge is 2.14. The number of rotatable bonds is 2. The van der Waals surface area contributed by atoms with Crippen molar-refractivity contribution in [3.05, 3.63) is 57.0 Å². The number of hydrogen-bond acceptors (Lipinski definition) is 2. The van der Waals surface area contributed by atoms with Gasteiger partial charge in [0.1, 0.15) is 0 Å². The molecule has 2 rings (SSSR count). The average Bonchev–Trinajstić information content (AvgIpc) is 2.33. The Balaban J connectivity index is 2.30. The van der Waals surface area contributed by atoms with Crippen molar-refractivity contribution in [2.75, 3.05) is 11.1 Å². The Bertz CT molecular complexity index is 644. The van der Waals surface area contributed by atoms with Crippen LogP contribution in [0.3, 0.4) is 0 Å². The molecule has 2 aromatic rings. The molecule has 0 saturated carbocycles. The monoisotopic (exact) mass is 314 g/mol. The molecule has 0 heterocycles. The lowest BCUT2D eigenvalue weighted by molar-refractivity contribution is 0.102. The van der Waals surface area contributed by atoms with E-state index in [1.165, 1.54) is 12.1 Å². The zero-order chi connectivity index (χ0) is 14.0. The van der Waals surface area contributed by atoms with Crippen molar-refractivity contribution in [1.82, 2.24) is 0 Å². The van der Waals surface area contributed by atoms with Crippen LogP contribution in [0.2, 0.25) is 15.1 Å². The quantitative estimate of drug-likeness (QED) is 0.803. The van der Waals surface area contributed by atoms with Crippen LogP contribution >= 0.6 is 34.8 Å². The van der Waals surface area contributed by atoms with Crippen molar-refractivity contribution in [3.8, 4) is 0 Å². The van der Waals surface area contributed by atoms with E-state index in [0.29, 0.717) is 16.4 Å². The van der Waals surface area contributed by atoms with E-state index in [1.54, 1.807) is 24.3 Å². The molecule has 0 bridgehead atoms. The largest absolute Gasteiger partial charge is 0.399 e. The summed E-state index contributed by atoms with van der Waals surface area (Å²) in [5, 5.41) is 3.59. The van der Waals surface area contributed by atoms with Gasteiger partial charge in [0.15, 0.2) is 0 Å². The number of nitrogens with two attached hydrogens (primary N) is 1. The van der Waals surface area contributed by atoms with Gasteiger partial charge >= 0.3 is 0 Å². The van der Waals surface area contributed by atoms with Gasteiger partial charge in [0.25, 0.3) is 5.91 Å². The summed E-state index contributed by atoms with van der Waals surface area (Å²) < 4.78 is 0. The number of anilines is 2. The number of carbonyl (C=O) groups is 1. The number of nitrogen functional groups attached to an aromatic ring is 1. The summed E-state index contributed by atoms with van der Waals surface area (Å²) in [6.45, 7) is 0. The second-order valence-electron chi connectivity index (χ2n) is 3.83. The van der Waals surface area contributed by atoms with E-state index in [2.05, 4.69) is 5.32 Å². The molecule has 0 aliphatic rings. The molecule has 0 aliphatic carbocycles. The smallest absolute Gasteiger partial charge is 0.257 e. The van der Waals surface area contributed by atoms with Gasteiger partial charge in [-0.2, -0.15) is 0 Å². The van der Waals surface area contributed by atoms with Gasteiger partial charge in [-0.25, -0.2) is 0 Å². The number of benzene rings is 2. The van der Waals surface area contributed by atoms with Crippen molar-refractivity contribution < 1.29 is 4.79 Å². The predicted octanol–water partition coefficient (Wildman–Crippen LogP) is 4.48. The topological polar surface area (TPSA) is 55.1 Å². The van der Waals surface area contributed by atoms with Crippen LogP contribution in [0, 0.1) is 0 Å². The molecule has 0 fully saturated rings. The van der Waals surface area contributed by atoms with Gasteiger partial charge in [0, 0.05) is 16.4 Å². The van der Waals surface area contributed by atoms with Crippen LogP contribution in [-0.4, -0.2) is 5.91 Å². The van der Waals surface area contributed by atoms with Gasteiger partial charge in [-0.3, -0.25) is 4.79 Å². The first-order valence-corrected chi connectivity index (χ1v) is 6.42. The number of carbonyl (C=O) groups excluding carboxylic acids is 1. The minimum Gasteiger partial charge on any atom is -0.399 e. The third-order valence-corrected chi connectivity index (χ3v) is 3.41. The third-order valence-electron chi connectivity index (χ3n) is 2.38. The Kier molecular flexibility index (Phi) is 4.20. The number of nitrogens with one attached hydrogen (secondary N) is 1. The summed E-state index contributed by atoms with van der Waals surface area (Å²) in [5.74, 6) is -0.401. The molecule has 19 heavy (non-hydrogen) atoms. The molecule has 0 atom stereocenters. The average molecular weight is 316 g/mol. The molecule has 2 aromatic carbocycles. The summed E-state index contributed by atoms with van der Waals surface area (Å²) in [6.07, 6.45) is 0. The first-order valence-electron chi connectivity index (χ1n) is 5.29. The molecule has 1 amide bonds. The lowest BCUT2D eigenvalue weighted by Gasteiger charge is -2.09. The molecule has 0 aromatic heterocycles. The fraction of sp³-hybridized carbons (Fsp3) is 0. The minimum atomic E-state index is -0.401. The van der Waals surface area contributed by atoms with Gasteiger partial charge in [-0.15, -0.1) is 0 Å². The maximum atomic E-state index is 12.1. The van der Waals surface area contributed by atoms with Crippen LogP contribution in [0.5, 0.6) is 0 Å². The molecule has 98 valence electrons. The van der Waals surface area contributed by atoms with Gasteiger partial charge in [0.05, 0.1) is 15.6 Å². The molecular weight excluding hydrogens is 307 g/mol. The van der Waals surface area contributed by atoms with Crippen molar-refractivity contribution in [3.63, 3.8) is 0 Å². The fourth-order valence-electron chi connectivity index (χ4n) is 1.54. The van der Waals surface area contributed by atoms with Crippen LogP contribution in [0.4, 0.5) is 11.4 Å². The van der Waals surface area contributed by atoms with Crippen molar-refractivity contribution in [1.29, 1.82) is 0 Å². The zero-order valence-electron chi connectivity index (χ0n) is 9.58. The van der Waals surface area contributed by atoms with E-state index in [4.69, 9.17) is 40.5 Å². The lowest BCUT2D eigenvalue weighted by atomic mass is 10.2. The van der Waals surface area contributed by atoms with Crippen molar-refractivity contribution in [2.24, 2.45) is 0 Å². The second kappa shape index (κ2) is 5.70. The highest BCUT2D eigenvalue weighted by molar-refractivity contribution is 6.44. The molecule has 0 unspecified atom stereocenters. The third kappa shape index (κ3) is 3.32. The Morgan fingerprint density at radius 1 is 1.11 bits per heavy atom. The first-order chi connectivity index (χ1) is 8.97. The van der Waals surface area contributed by atoms with Crippen LogP contribution < -0.4 is 11.1 Å². The van der Waals surface area contributed by atoms with Crippen molar-refractivity contribution in [2.45, 2.75) is 0 Å². The summed E-state index contributed by atoms with van der Waals surface area (Å²) in [6, 6.07) is 9.73. The minimum absolute atomic E-state index is 0.162. The molecule has 0 radical (unpaired) electrons. The SMILES string of the molecule is Nc1cc(Cl)c(Cl)c(C(=O)Nc2cccc(Cl)c2)c1. The Labute approximate surface area is 125 Å². The van der Waals surface area contributed by atoms with Crippen LogP contribution in [-0.2, 0) is 0 Å². The first kappa shape index (κ1) is 14.0. The fourth-order valence-corrected chi connectivity index (χ4v) is 2.15. The number of hydrogen-bond donors (Lipinski definition) is 2. The predicted molar refractivity (Wildman–Crippen MR) is 80.3 cm³/mol. The lowest BCUT2D eigenvalue weighted by Crippen LogP contribution is -2.13. The van der Waals surface area contributed by atoms with E-state index in [1.807, 2.05) is 0 Å². The maximum absolute atomic E-state index is 12.1. The van der Waals surface area contributed by atoms with Gasteiger partial charge in [-0.1, -0.05) is 40.9 Å². The van der Waals surface area contributed by atoms with E-state index in [9.17, 15) is 4.79 Å². The highest BCUT2D eigenvalue weighted by Crippen LogP contribution is 2.29. The highest BCUT2D eigenvalue weighted by atomic mass is 35.5. The molecule has 3 nitrogen and oxygen atoms in total. The van der Waals surface area contributed by atoms with E-state index in [-0.39, 0.29) is 15.6 Å². The summed E-state index contributed by atoms with van der Waals surface area (Å²) in [7, 11) is 0. The normalized spacial score (nSPS) is 10.3. The Morgan fingerprint density at radius 2 is 1.84 bits per heavy atom. The van der Waals surface area contributed by atoms with E-state index in [0.717, 1.165) is 0 Å². The maximum Gasteiger partial charge on any atom is 0.257 e. The number of amides is 1. The standard InChI is InChI=1S/C13H9Cl3N2O/c14-7-2-1-3-9(4-7)18-13(19)10-5-8(17)6-11(15)12(10)16/h1-6H,17H2,(H,18,19). The van der Waals surface area contributed by atoms with Crippen LogP contribution in [0.1, 0.15) is 10.4 Å². The molecule has 0 saturated heterocycles.